The smallest absolute Gasteiger partial charge is 0.143 e. The zero-order valence-electron chi connectivity index (χ0n) is 19.8. The van der Waals surface area contributed by atoms with Gasteiger partial charge in [0.15, 0.2) is 0 Å². The first-order chi connectivity index (χ1) is 16.0. The van der Waals surface area contributed by atoms with Crippen molar-refractivity contribution in [1.29, 1.82) is 0 Å². The Morgan fingerprint density at radius 1 is 1.06 bits per heavy atom. The van der Waals surface area contributed by atoms with Crippen LogP contribution in [0.15, 0.2) is 72.7 Å². The predicted molar refractivity (Wildman–Crippen MR) is 136 cm³/mol. The van der Waals surface area contributed by atoms with Crippen LogP contribution in [0.3, 0.4) is 0 Å². The monoisotopic (exact) mass is 440 g/mol. The Hall–Kier alpha value is -3.38. The van der Waals surface area contributed by atoms with Crippen LogP contribution in [0.5, 0.6) is 0 Å². The molecule has 1 saturated heterocycles. The lowest BCUT2D eigenvalue weighted by atomic mass is 10.1. The van der Waals surface area contributed by atoms with Crippen molar-refractivity contribution in [3.63, 3.8) is 0 Å². The Morgan fingerprint density at radius 2 is 1.82 bits per heavy atom. The van der Waals surface area contributed by atoms with Gasteiger partial charge in [0.05, 0.1) is 11.7 Å². The van der Waals surface area contributed by atoms with Crippen LogP contribution in [0.1, 0.15) is 25.2 Å². The van der Waals surface area contributed by atoms with Gasteiger partial charge < -0.3 is 19.3 Å². The average Bonchev–Trinajstić information content (AvgIpc) is 3.19. The first kappa shape index (κ1) is 21.5. The summed E-state index contributed by atoms with van der Waals surface area (Å²) in [5, 5.41) is 0. The maximum absolute atomic E-state index is 5.06. The Bertz CT molecular complexity index is 1230. The van der Waals surface area contributed by atoms with Gasteiger partial charge in [0.25, 0.3) is 0 Å². The van der Waals surface area contributed by atoms with Crippen molar-refractivity contribution in [2.75, 3.05) is 44.7 Å². The van der Waals surface area contributed by atoms with E-state index in [4.69, 9.17) is 9.97 Å². The fourth-order valence-electron chi connectivity index (χ4n) is 4.60. The van der Waals surface area contributed by atoms with Crippen LogP contribution in [0.25, 0.3) is 16.6 Å². The Labute approximate surface area is 196 Å². The third-order valence-corrected chi connectivity index (χ3v) is 6.70. The van der Waals surface area contributed by atoms with E-state index in [0.717, 1.165) is 73.2 Å². The molecule has 0 aliphatic carbocycles. The van der Waals surface area contributed by atoms with E-state index in [-0.39, 0.29) is 0 Å². The highest BCUT2D eigenvalue weighted by Crippen LogP contribution is 2.31. The molecule has 4 heterocycles. The number of hydrogen-bond donors (Lipinski definition) is 0. The summed E-state index contributed by atoms with van der Waals surface area (Å²) < 4.78 is 2.34. The number of fused-ring (bicyclic) bond motifs is 1. The summed E-state index contributed by atoms with van der Waals surface area (Å²) in [7, 11) is 2.18. The molecule has 170 valence electrons. The number of hydrogen-bond acceptors (Lipinski definition) is 5. The van der Waals surface area contributed by atoms with Gasteiger partial charge in [0.1, 0.15) is 17.2 Å². The van der Waals surface area contributed by atoms with E-state index in [1.165, 1.54) is 11.1 Å². The molecule has 6 nitrogen and oxygen atoms in total. The Kier molecular flexibility index (Phi) is 5.77. The molecular formula is C27H32N6. The summed E-state index contributed by atoms with van der Waals surface area (Å²) >= 11 is 0. The number of benzene rings is 1. The van der Waals surface area contributed by atoms with Crippen molar-refractivity contribution in [1.82, 2.24) is 24.3 Å². The van der Waals surface area contributed by atoms with Crippen molar-refractivity contribution in [2.24, 2.45) is 0 Å². The second-order valence-electron chi connectivity index (χ2n) is 8.97. The molecule has 5 rings (SSSR count). The van der Waals surface area contributed by atoms with E-state index in [0.29, 0.717) is 0 Å². The van der Waals surface area contributed by atoms with Gasteiger partial charge in [-0.2, -0.15) is 0 Å². The molecule has 0 radical (unpaired) electrons. The van der Waals surface area contributed by atoms with Crippen LogP contribution >= 0.6 is 0 Å². The zero-order valence-corrected chi connectivity index (χ0v) is 19.8. The molecule has 2 aromatic heterocycles. The maximum Gasteiger partial charge on any atom is 0.143 e. The van der Waals surface area contributed by atoms with Crippen molar-refractivity contribution >= 4 is 22.4 Å². The second kappa shape index (κ2) is 8.87. The fourth-order valence-corrected chi connectivity index (χ4v) is 4.60. The number of aromatic nitrogens is 3. The SMILES string of the molecule is C=C1C(C)=CC(c2nc3cnc(N4CCN(C)CC4)cc3n2Cc2ccccc2)=CN1CC. The number of likely N-dealkylation sites (N-methyl/N-ethyl adjacent to an activating group) is 2. The summed E-state index contributed by atoms with van der Waals surface area (Å²) in [6.45, 7) is 14.3. The Morgan fingerprint density at radius 3 is 2.55 bits per heavy atom. The van der Waals surface area contributed by atoms with E-state index in [1.54, 1.807) is 0 Å². The number of rotatable bonds is 5. The maximum atomic E-state index is 5.06. The van der Waals surface area contributed by atoms with Crippen LogP contribution in [0, 0.1) is 0 Å². The van der Waals surface area contributed by atoms with Crippen LogP contribution in [-0.4, -0.2) is 64.1 Å². The topological polar surface area (TPSA) is 40.4 Å². The lowest BCUT2D eigenvalue weighted by molar-refractivity contribution is 0.312. The second-order valence-corrected chi connectivity index (χ2v) is 8.97. The molecular weight excluding hydrogens is 408 g/mol. The van der Waals surface area contributed by atoms with E-state index < -0.39 is 0 Å². The molecule has 0 N–H and O–H groups in total. The largest absolute Gasteiger partial charge is 0.354 e. The van der Waals surface area contributed by atoms with Crippen molar-refractivity contribution < 1.29 is 0 Å². The number of nitrogens with zero attached hydrogens (tertiary/aromatic N) is 6. The van der Waals surface area contributed by atoms with Crippen molar-refractivity contribution in [3.05, 3.63) is 84.1 Å². The number of allylic oxidation sites excluding steroid dienone is 3. The first-order valence-corrected chi connectivity index (χ1v) is 11.7. The molecule has 33 heavy (non-hydrogen) atoms. The molecule has 0 unspecified atom stereocenters. The molecule has 2 aliphatic rings. The summed E-state index contributed by atoms with van der Waals surface area (Å²) in [5.41, 5.74) is 6.63. The minimum atomic E-state index is 0.760. The van der Waals surface area contributed by atoms with Gasteiger partial charge in [-0.05, 0) is 38.1 Å². The summed E-state index contributed by atoms with van der Waals surface area (Å²) in [4.78, 5) is 16.8. The molecule has 0 amide bonds. The molecule has 3 aromatic rings. The lowest BCUT2D eigenvalue weighted by Crippen LogP contribution is -2.44. The van der Waals surface area contributed by atoms with Crippen molar-refractivity contribution in [3.8, 4) is 0 Å². The quantitative estimate of drug-likeness (QED) is 0.589. The first-order valence-electron chi connectivity index (χ1n) is 11.7. The molecule has 1 fully saturated rings. The van der Waals surface area contributed by atoms with Crippen LogP contribution in [0.2, 0.25) is 0 Å². The zero-order chi connectivity index (χ0) is 22.9. The third kappa shape index (κ3) is 4.18. The minimum absolute atomic E-state index is 0.760. The predicted octanol–water partition coefficient (Wildman–Crippen LogP) is 4.37. The minimum Gasteiger partial charge on any atom is -0.354 e. The molecule has 0 atom stereocenters. The summed E-state index contributed by atoms with van der Waals surface area (Å²) in [5.74, 6) is 2.00. The number of imidazole rings is 1. The van der Waals surface area contributed by atoms with Gasteiger partial charge in [0, 0.05) is 62.8 Å². The van der Waals surface area contributed by atoms with Gasteiger partial charge in [-0.15, -0.1) is 0 Å². The molecule has 0 bridgehead atoms. The molecule has 2 aliphatic heterocycles. The molecule has 6 heteroatoms. The molecule has 0 saturated carbocycles. The van der Waals surface area contributed by atoms with E-state index in [1.807, 2.05) is 6.20 Å². The summed E-state index contributed by atoms with van der Waals surface area (Å²) in [6.07, 6.45) is 6.31. The number of pyridine rings is 1. The number of anilines is 1. The van der Waals surface area contributed by atoms with Crippen molar-refractivity contribution in [2.45, 2.75) is 20.4 Å². The highest BCUT2D eigenvalue weighted by atomic mass is 15.3. The highest BCUT2D eigenvalue weighted by molar-refractivity contribution is 5.84. The fraction of sp³-hybridized carbons (Fsp3) is 0.333. The average molecular weight is 441 g/mol. The van der Waals surface area contributed by atoms with Gasteiger partial charge in [-0.25, -0.2) is 9.97 Å². The van der Waals surface area contributed by atoms with Gasteiger partial charge >= 0.3 is 0 Å². The van der Waals surface area contributed by atoms with E-state index in [2.05, 4.69) is 95.4 Å². The Balaban J connectivity index is 1.62. The van der Waals surface area contributed by atoms with Crippen LogP contribution in [-0.2, 0) is 6.54 Å². The van der Waals surface area contributed by atoms with Crippen LogP contribution in [0.4, 0.5) is 5.82 Å². The van der Waals surface area contributed by atoms with E-state index >= 15 is 0 Å². The normalized spacial score (nSPS) is 17.5. The van der Waals surface area contributed by atoms with Gasteiger partial charge in [0.2, 0.25) is 0 Å². The lowest BCUT2D eigenvalue weighted by Gasteiger charge is -2.33. The van der Waals surface area contributed by atoms with Gasteiger partial charge in [-0.1, -0.05) is 36.9 Å². The van der Waals surface area contributed by atoms with Gasteiger partial charge in [-0.3, -0.25) is 0 Å². The van der Waals surface area contributed by atoms with Crippen LogP contribution < -0.4 is 4.90 Å². The third-order valence-electron chi connectivity index (χ3n) is 6.70. The molecule has 1 aromatic carbocycles. The molecule has 0 spiro atoms. The highest BCUT2D eigenvalue weighted by Gasteiger charge is 2.21. The summed E-state index contributed by atoms with van der Waals surface area (Å²) in [6, 6.07) is 12.8. The number of piperazine rings is 1. The van der Waals surface area contributed by atoms with E-state index in [9.17, 15) is 0 Å². The standard InChI is InChI=1S/C27H32N6/c1-5-31-19-23(15-20(2)21(31)3)27-29-24-17-28-26(32-13-11-30(4)12-14-32)16-25(24)33(27)18-22-9-7-6-8-10-22/h6-10,15-17,19H,3,5,11-14,18H2,1-2,4H3.